The van der Waals surface area contributed by atoms with Crippen LogP contribution in [0.2, 0.25) is 5.15 Å². The minimum Gasteiger partial charge on any atom is -0.465 e. The van der Waals surface area contributed by atoms with E-state index in [0.29, 0.717) is 29.5 Å². The van der Waals surface area contributed by atoms with Crippen molar-refractivity contribution in [3.8, 4) is 0 Å². The van der Waals surface area contributed by atoms with Gasteiger partial charge < -0.3 is 10.4 Å². The Hall–Kier alpha value is -2.80. The van der Waals surface area contributed by atoms with Crippen LogP contribution >= 0.6 is 11.6 Å². The minimum absolute atomic E-state index is 0.272. The molecule has 1 unspecified atom stereocenters. The summed E-state index contributed by atoms with van der Waals surface area (Å²) in [6, 6.07) is 12.0. The first kappa shape index (κ1) is 17.0. The van der Waals surface area contributed by atoms with Gasteiger partial charge in [-0.3, -0.25) is 9.36 Å². The van der Waals surface area contributed by atoms with Crippen molar-refractivity contribution in [1.82, 2.24) is 19.5 Å². The molecule has 2 N–H and O–H groups in total. The van der Waals surface area contributed by atoms with E-state index in [9.17, 15) is 9.59 Å². The topological polar surface area (TPSA) is 88.6 Å². The van der Waals surface area contributed by atoms with Crippen molar-refractivity contribution in [2.24, 2.45) is 0 Å². The molecule has 0 saturated carbocycles. The molecule has 3 aromatic rings. The molecule has 1 atom stereocenters. The lowest BCUT2D eigenvalue weighted by atomic mass is 10.2. The van der Waals surface area contributed by atoms with Crippen LogP contribution in [0.4, 0.5) is 4.79 Å². The van der Waals surface area contributed by atoms with E-state index in [1.54, 1.807) is 12.1 Å². The summed E-state index contributed by atoms with van der Waals surface area (Å²) in [4.78, 5) is 24.1. The van der Waals surface area contributed by atoms with Gasteiger partial charge in [0.25, 0.3) is 5.56 Å². The standard InChI is InChI=1S/C17H17ClN4O3/c1-2-12(19-17(24)25)15-20-22-13(8-9-14(22)18)16(23)21(15)10-11-6-4-3-5-7-11/h3-9,12,19H,2,10H2,1H3,(H,24,25). The van der Waals surface area contributed by atoms with Gasteiger partial charge >= 0.3 is 6.09 Å². The van der Waals surface area contributed by atoms with E-state index in [1.807, 2.05) is 37.3 Å². The third kappa shape index (κ3) is 3.36. The molecule has 1 aromatic carbocycles. The maximum atomic E-state index is 12.9. The normalized spacial score (nSPS) is 12.2. The fraction of sp³-hybridized carbons (Fsp3) is 0.235. The number of nitrogens with zero attached hydrogens (tertiary/aromatic N) is 3. The van der Waals surface area contributed by atoms with Gasteiger partial charge in [-0.05, 0) is 24.1 Å². The highest BCUT2D eigenvalue weighted by molar-refractivity contribution is 6.29. The SMILES string of the molecule is CCC(NC(=O)O)c1nn2c(Cl)ccc2c(=O)n1Cc1ccccc1. The molecule has 0 bridgehead atoms. The number of carbonyl (C=O) groups is 1. The smallest absolute Gasteiger partial charge is 0.405 e. The first-order valence-corrected chi connectivity index (χ1v) is 8.20. The van der Waals surface area contributed by atoms with Crippen LogP contribution in [0.25, 0.3) is 5.52 Å². The van der Waals surface area contributed by atoms with E-state index in [0.717, 1.165) is 5.56 Å². The lowest BCUT2D eigenvalue weighted by Gasteiger charge is -2.20. The van der Waals surface area contributed by atoms with Crippen LogP contribution in [-0.4, -0.2) is 25.4 Å². The average molecular weight is 361 g/mol. The molecule has 0 aliphatic rings. The second kappa shape index (κ2) is 6.98. The zero-order chi connectivity index (χ0) is 18.0. The van der Waals surface area contributed by atoms with E-state index >= 15 is 0 Å². The Morgan fingerprint density at radius 3 is 2.64 bits per heavy atom. The van der Waals surface area contributed by atoms with Crippen LogP contribution in [0.3, 0.4) is 0 Å². The molecule has 0 fully saturated rings. The van der Waals surface area contributed by atoms with Gasteiger partial charge in [-0.1, -0.05) is 48.9 Å². The van der Waals surface area contributed by atoms with Crippen molar-refractivity contribution in [2.75, 3.05) is 0 Å². The molecule has 130 valence electrons. The number of nitrogens with one attached hydrogen (secondary N) is 1. The summed E-state index contributed by atoms with van der Waals surface area (Å²) in [6.07, 6.45) is -0.733. The Labute approximate surface area is 148 Å². The predicted molar refractivity (Wildman–Crippen MR) is 94.2 cm³/mol. The maximum Gasteiger partial charge on any atom is 0.405 e. The van der Waals surface area contributed by atoms with Crippen molar-refractivity contribution < 1.29 is 9.90 Å². The number of rotatable bonds is 5. The highest BCUT2D eigenvalue weighted by Gasteiger charge is 2.21. The number of amides is 1. The molecular formula is C17H17ClN4O3. The maximum absolute atomic E-state index is 12.9. The number of benzene rings is 1. The van der Waals surface area contributed by atoms with Gasteiger partial charge in [-0.2, -0.15) is 5.10 Å². The summed E-state index contributed by atoms with van der Waals surface area (Å²) in [5.41, 5.74) is 0.987. The van der Waals surface area contributed by atoms with E-state index in [-0.39, 0.29) is 5.56 Å². The summed E-state index contributed by atoms with van der Waals surface area (Å²) in [7, 11) is 0. The lowest BCUT2D eigenvalue weighted by molar-refractivity contribution is 0.188. The van der Waals surface area contributed by atoms with Gasteiger partial charge in [0, 0.05) is 0 Å². The minimum atomic E-state index is -1.17. The van der Waals surface area contributed by atoms with Crippen LogP contribution in [-0.2, 0) is 6.54 Å². The average Bonchev–Trinajstić information content (AvgIpc) is 2.97. The number of carboxylic acid groups (broad SMARTS) is 1. The van der Waals surface area contributed by atoms with Crippen LogP contribution < -0.4 is 10.9 Å². The molecule has 0 aliphatic carbocycles. The third-order valence-electron chi connectivity index (χ3n) is 3.95. The summed E-state index contributed by atoms with van der Waals surface area (Å²) in [5.74, 6) is 0.323. The van der Waals surface area contributed by atoms with Gasteiger partial charge in [-0.25, -0.2) is 9.31 Å². The molecular weight excluding hydrogens is 344 g/mol. The van der Waals surface area contributed by atoms with Gasteiger partial charge in [-0.15, -0.1) is 0 Å². The summed E-state index contributed by atoms with van der Waals surface area (Å²) in [5, 5.41) is 16.2. The molecule has 0 saturated heterocycles. The van der Waals surface area contributed by atoms with Crippen molar-refractivity contribution >= 4 is 23.2 Å². The molecule has 1 amide bonds. The van der Waals surface area contributed by atoms with Crippen LogP contribution in [0.5, 0.6) is 0 Å². The zero-order valence-electron chi connectivity index (χ0n) is 13.5. The number of hydrogen-bond donors (Lipinski definition) is 2. The van der Waals surface area contributed by atoms with Crippen LogP contribution in [0.15, 0.2) is 47.3 Å². The molecule has 25 heavy (non-hydrogen) atoms. The number of aromatic nitrogens is 3. The predicted octanol–water partition coefficient (Wildman–Crippen LogP) is 2.92. The largest absolute Gasteiger partial charge is 0.465 e. The number of hydrogen-bond acceptors (Lipinski definition) is 3. The second-order valence-electron chi connectivity index (χ2n) is 5.60. The van der Waals surface area contributed by atoms with Crippen molar-refractivity contribution in [1.29, 1.82) is 0 Å². The van der Waals surface area contributed by atoms with Gasteiger partial charge in [0.2, 0.25) is 0 Å². The number of halogens is 1. The third-order valence-corrected chi connectivity index (χ3v) is 4.24. The number of fused-ring (bicyclic) bond motifs is 1. The van der Waals surface area contributed by atoms with E-state index in [1.165, 1.54) is 9.08 Å². The second-order valence-corrected chi connectivity index (χ2v) is 5.99. The summed E-state index contributed by atoms with van der Waals surface area (Å²) in [6.45, 7) is 2.11. The fourth-order valence-electron chi connectivity index (χ4n) is 2.74. The van der Waals surface area contributed by atoms with Crippen molar-refractivity contribution in [3.05, 3.63) is 69.4 Å². The highest BCUT2D eigenvalue weighted by Crippen LogP contribution is 2.18. The van der Waals surface area contributed by atoms with E-state index in [4.69, 9.17) is 16.7 Å². The van der Waals surface area contributed by atoms with Crippen LogP contribution in [0.1, 0.15) is 30.8 Å². The molecule has 0 radical (unpaired) electrons. The fourth-order valence-corrected chi connectivity index (χ4v) is 2.93. The molecule has 2 heterocycles. The highest BCUT2D eigenvalue weighted by atomic mass is 35.5. The molecule has 0 aliphatic heterocycles. The van der Waals surface area contributed by atoms with Gasteiger partial charge in [0.1, 0.15) is 10.7 Å². The molecule has 7 nitrogen and oxygen atoms in total. The molecule has 8 heteroatoms. The van der Waals surface area contributed by atoms with Crippen molar-refractivity contribution in [2.45, 2.75) is 25.9 Å². The van der Waals surface area contributed by atoms with Crippen LogP contribution in [0, 0.1) is 0 Å². The molecule has 3 rings (SSSR count). The Kier molecular flexibility index (Phi) is 4.76. The first-order valence-electron chi connectivity index (χ1n) is 7.82. The Morgan fingerprint density at radius 1 is 1.28 bits per heavy atom. The summed E-state index contributed by atoms with van der Waals surface area (Å²) >= 11 is 6.10. The zero-order valence-corrected chi connectivity index (χ0v) is 14.3. The van der Waals surface area contributed by atoms with Gasteiger partial charge in [0.15, 0.2) is 5.82 Å². The first-order chi connectivity index (χ1) is 12.0. The lowest BCUT2D eigenvalue weighted by Crippen LogP contribution is -2.35. The van der Waals surface area contributed by atoms with E-state index in [2.05, 4.69) is 10.4 Å². The van der Waals surface area contributed by atoms with E-state index < -0.39 is 12.1 Å². The molecule has 0 spiro atoms. The summed E-state index contributed by atoms with van der Waals surface area (Å²) < 4.78 is 2.83. The van der Waals surface area contributed by atoms with Gasteiger partial charge in [0.05, 0.1) is 12.6 Å². The Balaban J connectivity index is 2.20. The monoisotopic (exact) mass is 360 g/mol. The molecule has 2 aromatic heterocycles. The Bertz CT molecular complexity index is 965. The quantitative estimate of drug-likeness (QED) is 0.732. The van der Waals surface area contributed by atoms with Crippen molar-refractivity contribution in [3.63, 3.8) is 0 Å². The Morgan fingerprint density at radius 2 is 2.00 bits per heavy atom.